The molecule has 1 N–H and O–H groups in total. The Morgan fingerprint density at radius 1 is 1.50 bits per heavy atom. The lowest BCUT2D eigenvalue weighted by atomic mass is 10.0. The SMILES string of the molecule is CCOC(=O)[C@H](O)[C@@H](C)C(C)=O. The first-order chi connectivity index (χ1) is 5.50. The first-order valence-corrected chi connectivity index (χ1v) is 3.85. The van der Waals surface area contributed by atoms with Gasteiger partial charge < -0.3 is 9.84 Å². The summed E-state index contributed by atoms with van der Waals surface area (Å²) in [5.41, 5.74) is 0. The highest BCUT2D eigenvalue weighted by molar-refractivity contribution is 5.86. The van der Waals surface area contributed by atoms with E-state index >= 15 is 0 Å². The molecule has 0 aromatic rings. The zero-order valence-electron chi connectivity index (χ0n) is 7.53. The quantitative estimate of drug-likeness (QED) is 0.615. The van der Waals surface area contributed by atoms with E-state index in [-0.39, 0.29) is 12.4 Å². The predicted molar refractivity (Wildman–Crippen MR) is 42.5 cm³/mol. The van der Waals surface area contributed by atoms with Gasteiger partial charge in [0, 0.05) is 0 Å². The standard InChI is InChI=1S/C8H14O4/c1-4-12-8(11)7(10)5(2)6(3)9/h5,7,10H,4H2,1-3H3/t5-,7+/m0/s1. The van der Waals surface area contributed by atoms with Crippen LogP contribution in [-0.4, -0.2) is 29.6 Å². The van der Waals surface area contributed by atoms with Gasteiger partial charge in [-0.3, -0.25) is 4.79 Å². The Morgan fingerprint density at radius 2 is 2.00 bits per heavy atom. The van der Waals surface area contributed by atoms with Crippen LogP contribution < -0.4 is 0 Å². The Morgan fingerprint density at radius 3 is 2.33 bits per heavy atom. The molecular formula is C8H14O4. The van der Waals surface area contributed by atoms with E-state index in [9.17, 15) is 14.7 Å². The molecular weight excluding hydrogens is 160 g/mol. The zero-order chi connectivity index (χ0) is 9.72. The van der Waals surface area contributed by atoms with Crippen molar-refractivity contribution in [1.29, 1.82) is 0 Å². The summed E-state index contributed by atoms with van der Waals surface area (Å²) in [4.78, 5) is 21.6. The molecule has 0 spiro atoms. The smallest absolute Gasteiger partial charge is 0.335 e. The van der Waals surface area contributed by atoms with Crippen LogP contribution >= 0.6 is 0 Å². The van der Waals surface area contributed by atoms with Crippen molar-refractivity contribution in [2.45, 2.75) is 26.9 Å². The maximum absolute atomic E-state index is 10.9. The van der Waals surface area contributed by atoms with Gasteiger partial charge in [0.05, 0.1) is 12.5 Å². The van der Waals surface area contributed by atoms with Gasteiger partial charge in [0.15, 0.2) is 6.10 Å². The summed E-state index contributed by atoms with van der Waals surface area (Å²) < 4.78 is 4.53. The van der Waals surface area contributed by atoms with Crippen molar-refractivity contribution in [2.24, 2.45) is 5.92 Å². The molecule has 0 aliphatic carbocycles. The third-order valence-electron chi connectivity index (χ3n) is 1.64. The van der Waals surface area contributed by atoms with Gasteiger partial charge in [0.1, 0.15) is 5.78 Å². The molecule has 0 fully saturated rings. The predicted octanol–water partition coefficient (Wildman–Crippen LogP) is 0.135. The molecule has 0 aromatic carbocycles. The highest BCUT2D eigenvalue weighted by Gasteiger charge is 2.26. The zero-order valence-corrected chi connectivity index (χ0v) is 7.53. The molecule has 0 aliphatic heterocycles. The van der Waals surface area contributed by atoms with Gasteiger partial charge in [-0.15, -0.1) is 0 Å². The third kappa shape index (κ3) is 3.00. The number of rotatable bonds is 4. The molecule has 0 aromatic heterocycles. The average Bonchev–Trinajstić information content (AvgIpc) is 2.02. The lowest BCUT2D eigenvalue weighted by Gasteiger charge is -2.13. The largest absolute Gasteiger partial charge is 0.464 e. The number of hydrogen-bond donors (Lipinski definition) is 1. The second kappa shape index (κ2) is 4.87. The van der Waals surface area contributed by atoms with Crippen LogP contribution in [0.2, 0.25) is 0 Å². The fourth-order valence-corrected chi connectivity index (χ4v) is 0.654. The maximum Gasteiger partial charge on any atom is 0.335 e. The summed E-state index contributed by atoms with van der Waals surface area (Å²) in [6, 6.07) is 0. The molecule has 0 amide bonds. The van der Waals surface area contributed by atoms with Crippen LogP contribution in [0.15, 0.2) is 0 Å². The molecule has 0 saturated heterocycles. The number of esters is 1. The third-order valence-corrected chi connectivity index (χ3v) is 1.64. The number of ketones is 1. The number of aliphatic hydroxyl groups is 1. The van der Waals surface area contributed by atoms with Crippen molar-refractivity contribution in [3.05, 3.63) is 0 Å². The van der Waals surface area contributed by atoms with Crippen LogP contribution in [0.5, 0.6) is 0 Å². The van der Waals surface area contributed by atoms with Crippen LogP contribution in [0, 0.1) is 5.92 Å². The molecule has 0 bridgehead atoms. The molecule has 0 aliphatic rings. The lowest BCUT2D eigenvalue weighted by molar-refractivity contribution is -0.157. The molecule has 2 atom stereocenters. The van der Waals surface area contributed by atoms with Crippen molar-refractivity contribution in [3.8, 4) is 0 Å². The van der Waals surface area contributed by atoms with Crippen molar-refractivity contribution < 1.29 is 19.4 Å². The highest BCUT2D eigenvalue weighted by Crippen LogP contribution is 2.05. The molecule has 0 rings (SSSR count). The molecule has 12 heavy (non-hydrogen) atoms. The van der Waals surface area contributed by atoms with Gasteiger partial charge >= 0.3 is 5.97 Å². The summed E-state index contributed by atoms with van der Waals surface area (Å²) in [5, 5.41) is 9.19. The number of carbonyl (C=O) groups is 2. The minimum Gasteiger partial charge on any atom is -0.464 e. The Kier molecular flexibility index (Phi) is 4.51. The van der Waals surface area contributed by atoms with Gasteiger partial charge in [-0.1, -0.05) is 6.92 Å². The first kappa shape index (κ1) is 11.1. The van der Waals surface area contributed by atoms with Crippen molar-refractivity contribution in [2.75, 3.05) is 6.61 Å². The van der Waals surface area contributed by atoms with E-state index in [2.05, 4.69) is 4.74 Å². The van der Waals surface area contributed by atoms with Crippen LogP contribution in [0.4, 0.5) is 0 Å². The van der Waals surface area contributed by atoms with Crippen LogP contribution in [0.1, 0.15) is 20.8 Å². The monoisotopic (exact) mass is 174 g/mol. The summed E-state index contributed by atoms with van der Waals surface area (Å²) in [6.07, 6.45) is -1.33. The summed E-state index contributed by atoms with van der Waals surface area (Å²) in [7, 11) is 0. The highest BCUT2D eigenvalue weighted by atomic mass is 16.5. The van der Waals surface area contributed by atoms with E-state index in [0.717, 1.165) is 0 Å². The Labute approximate surface area is 71.5 Å². The molecule has 0 heterocycles. The number of ether oxygens (including phenoxy) is 1. The molecule has 0 radical (unpaired) electrons. The number of hydrogen-bond acceptors (Lipinski definition) is 4. The van der Waals surface area contributed by atoms with Gasteiger partial charge in [-0.25, -0.2) is 4.79 Å². The fraction of sp³-hybridized carbons (Fsp3) is 0.750. The fourth-order valence-electron chi connectivity index (χ4n) is 0.654. The summed E-state index contributed by atoms with van der Waals surface area (Å²) >= 11 is 0. The normalized spacial score (nSPS) is 15.0. The van der Waals surface area contributed by atoms with E-state index < -0.39 is 18.0 Å². The van der Waals surface area contributed by atoms with Gasteiger partial charge in [0.25, 0.3) is 0 Å². The van der Waals surface area contributed by atoms with E-state index in [1.807, 2.05) is 0 Å². The van der Waals surface area contributed by atoms with Gasteiger partial charge in [0.2, 0.25) is 0 Å². The molecule has 0 saturated carbocycles. The summed E-state index contributed by atoms with van der Waals surface area (Å²) in [6.45, 7) is 4.67. The topological polar surface area (TPSA) is 63.6 Å². The Bertz CT molecular complexity index is 176. The van der Waals surface area contributed by atoms with Crippen molar-refractivity contribution >= 4 is 11.8 Å². The average molecular weight is 174 g/mol. The van der Waals surface area contributed by atoms with Gasteiger partial charge in [-0.05, 0) is 13.8 Å². The van der Waals surface area contributed by atoms with E-state index in [4.69, 9.17) is 0 Å². The molecule has 4 heteroatoms. The summed E-state index contributed by atoms with van der Waals surface area (Å²) in [5.74, 6) is -1.65. The number of carbonyl (C=O) groups excluding carboxylic acids is 2. The molecule has 0 unspecified atom stereocenters. The minimum absolute atomic E-state index is 0.209. The van der Waals surface area contributed by atoms with Crippen molar-refractivity contribution in [3.63, 3.8) is 0 Å². The maximum atomic E-state index is 10.9. The number of Topliss-reactive ketones (excluding diaryl/α,β-unsaturated/α-hetero) is 1. The van der Waals surface area contributed by atoms with Crippen LogP contribution in [0.3, 0.4) is 0 Å². The van der Waals surface area contributed by atoms with E-state index in [1.54, 1.807) is 6.92 Å². The van der Waals surface area contributed by atoms with Gasteiger partial charge in [-0.2, -0.15) is 0 Å². The van der Waals surface area contributed by atoms with Crippen molar-refractivity contribution in [1.82, 2.24) is 0 Å². The Balaban J connectivity index is 4.09. The second-order valence-corrected chi connectivity index (χ2v) is 2.60. The second-order valence-electron chi connectivity index (χ2n) is 2.60. The first-order valence-electron chi connectivity index (χ1n) is 3.85. The van der Waals surface area contributed by atoms with Crippen LogP contribution in [0.25, 0.3) is 0 Å². The van der Waals surface area contributed by atoms with E-state index in [1.165, 1.54) is 13.8 Å². The molecule has 4 nitrogen and oxygen atoms in total. The lowest BCUT2D eigenvalue weighted by Crippen LogP contribution is -2.33. The number of aliphatic hydroxyl groups excluding tert-OH is 1. The van der Waals surface area contributed by atoms with Crippen LogP contribution in [-0.2, 0) is 14.3 Å². The van der Waals surface area contributed by atoms with E-state index in [0.29, 0.717) is 0 Å². The Hall–Kier alpha value is -0.900. The minimum atomic E-state index is -1.33. The molecule has 70 valence electrons.